The lowest BCUT2D eigenvalue weighted by molar-refractivity contribution is -0.112. The second kappa shape index (κ2) is 12.1. The average Bonchev–Trinajstić information content (AvgIpc) is 2.78. The molecule has 168 valence electrons. The van der Waals surface area contributed by atoms with Gasteiger partial charge in [0.05, 0.1) is 11.1 Å². The Labute approximate surface area is 219 Å². The van der Waals surface area contributed by atoms with E-state index >= 15 is 0 Å². The average molecular weight is 638 g/mol. The van der Waals surface area contributed by atoms with Gasteiger partial charge in [-0.1, -0.05) is 29.8 Å². The summed E-state index contributed by atoms with van der Waals surface area (Å²) in [4.78, 5) is 12.6. The molecule has 0 spiro atoms. The number of hydrogen-bond donors (Lipinski definition) is 1. The van der Waals surface area contributed by atoms with Gasteiger partial charge in [0.1, 0.15) is 18.2 Å². The maximum absolute atomic E-state index is 12.6. The molecule has 3 aromatic rings. The first kappa shape index (κ1) is 25.1. The summed E-state index contributed by atoms with van der Waals surface area (Å²) in [6, 6.07) is 20.2. The molecule has 0 fully saturated rings. The Morgan fingerprint density at radius 3 is 2.61 bits per heavy atom. The zero-order valence-electron chi connectivity index (χ0n) is 17.6. The van der Waals surface area contributed by atoms with E-state index in [0.717, 1.165) is 9.13 Å². The topological polar surface area (TPSA) is 71.3 Å². The largest absolute Gasteiger partial charge is 0.490 e. The van der Waals surface area contributed by atoms with Gasteiger partial charge in [-0.2, -0.15) is 5.26 Å². The first-order valence-electron chi connectivity index (χ1n) is 9.92. The molecule has 0 bridgehead atoms. The number of nitrogens with one attached hydrogen (secondary N) is 1. The van der Waals surface area contributed by atoms with E-state index in [4.69, 9.17) is 21.1 Å². The molecule has 0 aliphatic carbocycles. The summed E-state index contributed by atoms with van der Waals surface area (Å²) in [7, 11) is 0. The predicted octanol–water partition coefficient (Wildman–Crippen LogP) is 7.23. The van der Waals surface area contributed by atoms with Crippen LogP contribution in [0.2, 0.25) is 5.02 Å². The molecule has 33 heavy (non-hydrogen) atoms. The second-order valence-corrected chi connectivity index (χ2v) is 9.35. The first-order chi connectivity index (χ1) is 15.9. The highest BCUT2D eigenvalue weighted by atomic mass is 127. The summed E-state index contributed by atoms with van der Waals surface area (Å²) in [5.74, 6) is 0.546. The number of ether oxygens (including phenoxy) is 2. The van der Waals surface area contributed by atoms with Gasteiger partial charge in [0.2, 0.25) is 0 Å². The summed E-state index contributed by atoms with van der Waals surface area (Å²) >= 11 is 11.6. The predicted molar refractivity (Wildman–Crippen MR) is 142 cm³/mol. The van der Waals surface area contributed by atoms with Crippen LogP contribution in [0.3, 0.4) is 0 Å². The standard InChI is InChI=1S/C25H19BrClIN2O3/c1-2-32-23-12-17(10-18(14-29)25(31)30-21-5-3-4-20(28)13-21)11-22(26)24(23)33-15-16-6-8-19(27)9-7-16/h3-13H,2,15H2,1H3,(H,30,31)/b18-10+. The molecular formula is C25H19BrClIN2O3. The molecule has 3 aromatic carbocycles. The van der Waals surface area contributed by atoms with Crippen molar-refractivity contribution in [1.29, 1.82) is 5.26 Å². The van der Waals surface area contributed by atoms with Gasteiger partial charge in [-0.3, -0.25) is 4.79 Å². The Morgan fingerprint density at radius 2 is 1.94 bits per heavy atom. The molecule has 0 unspecified atom stereocenters. The fourth-order valence-electron chi connectivity index (χ4n) is 2.89. The maximum Gasteiger partial charge on any atom is 0.266 e. The molecule has 5 nitrogen and oxygen atoms in total. The number of hydrogen-bond acceptors (Lipinski definition) is 4. The molecule has 0 radical (unpaired) electrons. The lowest BCUT2D eigenvalue weighted by Crippen LogP contribution is -2.13. The zero-order valence-corrected chi connectivity index (χ0v) is 22.1. The van der Waals surface area contributed by atoms with Gasteiger partial charge in [0, 0.05) is 14.3 Å². The maximum atomic E-state index is 12.6. The summed E-state index contributed by atoms with van der Waals surface area (Å²) < 4.78 is 13.4. The van der Waals surface area contributed by atoms with Crippen LogP contribution in [0.4, 0.5) is 5.69 Å². The fourth-order valence-corrected chi connectivity index (χ4v) is 4.13. The lowest BCUT2D eigenvalue weighted by Gasteiger charge is -2.15. The second-order valence-electron chi connectivity index (χ2n) is 6.81. The van der Waals surface area contributed by atoms with Gasteiger partial charge >= 0.3 is 0 Å². The number of benzene rings is 3. The van der Waals surface area contributed by atoms with Crippen molar-refractivity contribution in [2.24, 2.45) is 0 Å². The number of halogens is 3. The lowest BCUT2D eigenvalue weighted by atomic mass is 10.1. The molecule has 0 heterocycles. The number of nitrogens with zero attached hydrogens (tertiary/aromatic N) is 1. The van der Waals surface area contributed by atoms with Crippen molar-refractivity contribution >= 4 is 67.8 Å². The van der Waals surface area contributed by atoms with E-state index in [1.54, 1.807) is 30.3 Å². The Morgan fingerprint density at radius 1 is 1.18 bits per heavy atom. The smallest absolute Gasteiger partial charge is 0.266 e. The van der Waals surface area contributed by atoms with Crippen molar-refractivity contribution in [2.75, 3.05) is 11.9 Å². The minimum Gasteiger partial charge on any atom is -0.490 e. The number of nitriles is 1. The third kappa shape index (κ3) is 7.22. The summed E-state index contributed by atoms with van der Waals surface area (Å²) in [6.45, 7) is 2.62. The van der Waals surface area contributed by atoms with E-state index in [1.807, 2.05) is 43.3 Å². The Kier molecular flexibility index (Phi) is 9.18. The van der Waals surface area contributed by atoms with Gasteiger partial charge in [-0.05, 0) is 105 Å². The van der Waals surface area contributed by atoms with Crippen LogP contribution in [0.5, 0.6) is 11.5 Å². The Bertz CT molecular complexity index is 1220. The van der Waals surface area contributed by atoms with Crippen LogP contribution in [-0.2, 0) is 11.4 Å². The molecule has 0 aliphatic heterocycles. The van der Waals surface area contributed by atoms with Crippen LogP contribution in [0, 0.1) is 14.9 Å². The fraction of sp³-hybridized carbons (Fsp3) is 0.120. The van der Waals surface area contributed by atoms with Crippen molar-refractivity contribution in [1.82, 2.24) is 0 Å². The minimum atomic E-state index is -0.489. The van der Waals surface area contributed by atoms with Gasteiger partial charge in [0.15, 0.2) is 11.5 Å². The molecule has 0 atom stereocenters. The van der Waals surface area contributed by atoms with Gasteiger partial charge in [-0.15, -0.1) is 0 Å². The molecule has 0 saturated heterocycles. The van der Waals surface area contributed by atoms with Crippen LogP contribution >= 0.6 is 50.1 Å². The number of anilines is 1. The van der Waals surface area contributed by atoms with E-state index < -0.39 is 5.91 Å². The number of carbonyl (C=O) groups is 1. The molecule has 8 heteroatoms. The van der Waals surface area contributed by atoms with Crippen LogP contribution in [0.1, 0.15) is 18.1 Å². The van der Waals surface area contributed by atoms with Crippen LogP contribution < -0.4 is 14.8 Å². The zero-order chi connectivity index (χ0) is 23.8. The number of amides is 1. The first-order valence-corrected chi connectivity index (χ1v) is 12.2. The highest BCUT2D eigenvalue weighted by molar-refractivity contribution is 14.1. The third-order valence-corrected chi connectivity index (χ3v) is 5.90. The van der Waals surface area contributed by atoms with Gasteiger partial charge in [0.25, 0.3) is 5.91 Å². The van der Waals surface area contributed by atoms with Gasteiger partial charge in [-0.25, -0.2) is 0 Å². The van der Waals surface area contributed by atoms with Crippen molar-refractivity contribution in [3.05, 3.63) is 90.4 Å². The van der Waals surface area contributed by atoms with Crippen LogP contribution in [0.15, 0.2) is 70.7 Å². The quantitative estimate of drug-likeness (QED) is 0.161. The van der Waals surface area contributed by atoms with Gasteiger partial charge < -0.3 is 14.8 Å². The van der Waals surface area contributed by atoms with E-state index in [2.05, 4.69) is 43.8 Å². The molecular weight excluding hydrogens is 619 g/mol. The molecule has 1 N–H and O–H groups in total. The van der Waals surface area contributed by atoms with E-state index in [0.29, 0.717) is 45.5 Å². The van der Waals surface area contributed by atoms with E-state index in [1.165, 1.54) is 6.08 Å². The molecule has 0 saturated carbocycles. The minimum absolute atomic E-state index is 0.0296. The summed E-state index contributed by atoms with van der Waals surface area (Å²) in [6.07, 6.45) is 1.51. The molecule has 1 amide bonds. The SMILES string of the molecule is CCOc1cc(/C=C(\C#N)C(=O)Nc2cccc(I)c2)cc(Br)c1OCc1ccc(Cl)cc1. The third-order valence-electron chi connectivity index (χ3n) is 4.39. The van der Waals surface area contributed by atoms with Crippen molar-refractivity contribution in [3.8, 4) is 17.6 Å². The summed E-state index contributed by atoms with van der Waals surface area (Å²) in [5, 5.41) is 13.0. The Hall–Kier alpha value is -2.54. The summed E-state index contributed by atoms with van der Waals surface area (Å²) in [5.41, 5.74) is 2.17. The monoisotopic (exact) mass is 636 g/mol. The molecule has 3 rings (SSSR count). The highest BCUT2D eigenvalue weighted by Gasteiger charge is 2.15. The number of rotatable bonds is 8. The van der Waals surface area contributed by atoms with E-state index in [9.17, 15) is 10.1 Å². The van der Waals surface area contributed by atoms with E-state index in [-0.39, 0.29) is 5.57 Å². The molecule has 0 aliphatic rings. The van der Waals surface area contributed by atoms with Crippen LogP contribution in [-0.4, -0.2) is 12.5 Å². The highest BCUT2D eigenvalue weighted by Crippen LogP contribution is 2.38. The van der Waals surface area contributed by atoms with Crippen molar-refractivity contribution < 1.29 is 14.3 Å². The van der Waals surface area contributed by atoms with Crippen molar-refractivity contribution in [2.45, 2.75) is 13.5 Å². The number of carbonyl (C=O) groups excluding carboxylic acids is 1. The van der Waals surface area contributed by atoms with Crippen molar-refractivity contribution in [3.63, 3.8) is 0 Å². The Balaban J connectivity index is 1.84. The normalized spacial score (nSPS) is 10.9. The molecule has 0 aromatic heterocycles. The van der Waals surface area contributed by atoms with Crippen LogP contribution in [0.25, 0.3) is 6.08 Å².